The highest BCUT2D eigenvalue weighted by atomic mass is 35.5. The van der Waals surface area contributed by atoms with Gasteiger partial charge in [-0.05, 0) is 48.0 Å². The van der Waals surface area contributed by atoms with Gasteiger partial charge in [0.15, 0.2) is 23.3 Å². The summed E-state index contributed by atoms with van der Waals surface area (Å²) in [4.78, 5) is 38.4. The normalized spacial score (nSPS) is 12.6. The zero-order valence-corrected chi connectivity index (χ0v) is 23.1. The molecule has 0 saturated heterocycles. The first-order valence-corrected chi connectivity index (χ1v) is 12.5. The molecule has 0 unspecified atom stereocenters. The maximum absolute atomic E-state index is 14.9. The molecule has 210 valence electrons. The molecule has 0 spiro atoms. The van der Waals surface area contributed by atoms with Crippen molar-refractivity contribution in [3.8, 4) is 0 Å². The maximum Gasteiger partial charge on any atom is 0.329 e. The van der Waals surface area contributed by atoms with Crippen LogP contribution in [-0.2, 0) is 19.1 Å². The van der Waals surface area contributed by atoms with E-state index in [1.54, 1.807) is 20.8 Å². The van der Waals surface area contributed by atoms with Gasteiger partial charge < -0.3 is 19.7 Å². The lowest BCUT2D eigenvalue weighted by Gasteiger charge is -2.26. The number of esters is 2. The van der Waals surface area contributed by atoms with Gasteiger partial charge in [0, 0.05) is 31.3 Å². The molecule has 13 heteroatoms. The van der Waals surface area contributed by atoms with Gasteiger partial charge in [0.25, 0.3) is 5.91 Å². The van der Waals surface area contributed by atoms with Crippen LogP contribution in [0.2, 0.25) is 0 Å². The molecule has 0 aliphatic heterocycles. The number of alkyl halides is 2. The van der Waals surface area contributed by atoms with E-state index in [1.807, 2.05) is 5.32 Å². The highest BCUT2D eigenvalue weighted by Crippen LogP contribution is 2.31. The minimum Gasteiger partial charge on any atom is -0.460 e. The van der Waals surface area contributed by atoms with Gasteiger partial charge >= 0.3 is 11.9 Å². The summed E-state index contributed by atoms with van der Waals surface area (Å²) in [7, 11) is 0. The smallest absolute Gasteiger partial charge is 0.329 e. The van der Waals surface area contributed by atoms with Gasteiger partial charge in [-0.25, -0.2) is 22.4 Å². The highest BCUT2D eigenvalue weighted by molar-refractivity contribution is 6.18. The fourth-order valence-electron chi connectivity index (χ4n) is 3.14. The summed E-state index contributed by atoms with van der Waals surface area (Å²) in [6.45, 7) is 9.11. The Kier molecular flexibility index (Phi) is 12.0. The van der Waals surface area contributed by atoms with Crippen LogP contribution in [-0.4, -0.2) is 59.9 Å². The largest absolute Gasteiger partial charge is 0.460 e. The van der Waals surface area contributed by atoms with E-state index in [2.05, 4.69) is 0 Å². The summed E-state index contributed by atoms with van der Waals surface area (Å²) in [5.41, 5.74) is -4.50. The fraction of sp³-hybridized carbons (Fsp3) is 0.625. The van der Waals surface area contributed by atoms with Crippen molar-refractivity contribution < 1.29 is 41.4 Å². The molecule has 7 nitrogen and oxygen atoms in total. The summed E-state index contributed by atoms with van der Waals surface area (Å²) in [6.07, 6.45) is -0.749. The summed E-state index contributed by atoms with van der Waals surface area (Å²) in [5, 5.41) is 2.02. The Balaban J connectivity index is 3.35. The maximum atomic E-state index is 14.9. The lowest BCUT2D eigenvalue weighted by atomic mass is 10.1. The Labute approximate surface area is 223 Å². The molecule has 1 amide bonds. The average molecular weight is 575 g/mol. The van der Waals surface area contributed by atoms with Gasteiger partial charge in [0.05, 0.1) is 0 Å². The molecule has 0 aromatic heterocycles. The number of halogens is 6. The minimum atomic E-state index is -1.98. The number of nitrogens with zero attached hydrogens (tertiary/aromatic N) is 1. The molecule has 1 rings (SSSR count). The molecule has 1 aromatic rings. The number of rotatable bonds is 11. The van der Waals surface area contributed by atoms with E-state index in [4.69, 9.17) is 32.7 Å². The Morgan fingerprint density at radius 2 is 1.30 bits per heavy atom. The number of anilines is 1. The monoisotopic (exact) mass is 574 g/mol. The molecular formula is C24H32Cl2F4N2O5. The number of hydrogen-bond donors (Lipinski definition) is 1. The van der Waals surface area contributed by atoms with Crippen molar-refractivity contribution >= 4 is 46.7 Å². The van der Waals surface area contributed by atoms with Crippen LogP contribution in [0.3, 0.4) is 0 Å². The molecule has 0 aliphatic carbocycles. The van der Waals surface area contributed by atoms with Crippen molar-refractivity contribution in [3.63, 3.8) is 0 Å². The van der Waals surface area contributed by atoms with Crippen molar-refractivity contribution in [1.29, 1.82) is 0 Å². The van der Waals surface area contributed by atoms with Crippen molar-refractivity contribution in [1.82, 2.24) is 5.32 Å². The predicted octanol–water partition coefficient (Wildman–Crippen LogP) is 5.09. The minimum absolute atomic E-state index is 0.129. The van der Waals surface area contributed by atoms with Crippen molar-refractivity contribution in [3.05, 3.63) is 28.8 Å². The van der Waals surface area contributed by atoms with Gasteiger partial charge in [0.1, 0.15) is 28.5 Å². The second-order valence-electron chi connectivity index (χ2n) is 10.0. The highest BCUT2D eigenvalue weighted by Gasteiger charge is 2.35. The Morgan fingerprint density at radius 3 is 1.70 bits per heavy atom. The average Bonchev–Trinajstić information content (AvgIpc) is 2.73. The van der Waals surface area contributed by atoms with Crippen molar-refractivity contribution in [2.24, 2.45) is 0 Å². The third-order valence-electron chi connectivity index (χ3n) is 4.55. The number of ether oxygens (including phenoxy) is 2. The van der Waals surface area contributed by atoms with Crippen LogP contribution in [0.4, 0.5) is 23.2 Å². The molecule has 1 N–H and O–H groups in total. The van der Waals surface area contributed by atoms with Crippen LogP contribution in [0, 0.1) is 23.3 Å². The van der Waals surface area contributed by atoms with E-state index in [0.29, 0.717) is 0 Å². The Hall–Kier alpha value is -2.27. The molecule has 1 atom stereocenters. The van der Waals surface area contributed by atoms with Crippen LogP contribution >= 0.6 is 23.2 Å². The second kappa shape index (κ2) is 13.5. The molecule has 0 aliphatic rings. The number of nitrogens with one attached hydrogen (secondary N) is 1. The summed E-state index contributed by atoms with van der Waals surface area (Å²) in [6, 6.07) is -1.59. The summed E-state index contributed by atoms with van der Waals surface area (Å²) >= 11 is 11.2. The second-order valence-corrected chi connectivity index (χ2v) is 10.8. The topological polar surface area (TPSA) is 84.9 Å². The molecule has 0 fully saturated rings. The van der Waals surface area contributed by atoms with Gasteiger partial charge in [-0.1, -0.05) is 0 Å². The number of amides is 1. The third-order valence-corrected chi connectivity index (χ3v) is 4.88. The van der Waals surface area contributed by atoms with Crippen LogP contribution in [0.25, 0.3) is 0 Å². The standard InChI is InChI=1S/C24H32Cl2F4N2O5/c1-23(2,3)36-14(33)8-7-13(22(35)37-24(4,5)6)31-21(34)15-16(27)18(29)20(19(30)17(15)28)32(11-9-25)12-10-26/h13H,7-12H2,1-6H3,(H,31,34)/t13-/m0/s1. The zero-order valence-electron chi connectivity index (χ0n) is 21.6. The predicted molar refractivity (Wildman–Crippen MR) is 132 cm³/mol. The van der Waals surface area contributed by atoms with Crippen LogP contribution in [0.15, 0.2) is 0 Å². The Morgan fingerprint density at radius 1 is 0.838 bits per heavy atom. The van der Waals surface area contributed by atoms with Gasteiger partial charge in [-0.15, -0.1) is 23.2 Å². The van der Waals surface area contributed by atoms with Crippen LogP contribution in [0.1, 0.15) is 64.7 Å². The first-order chi connectivity index (χ1) is 16.9. The molecular weight excluding hydrogens is 543 g/mol. The molecule has 0 bridgehead atoms. The summed E-state index contributed by atoms with van der Waals surface area (Å²) in [5.74, 6) is -11.2. The van der Waals surface area contributed by atoms with E-state index in [-0.39, 0.29) is 37.7 Å². The first-order valence-electron chi connectivity index (χ1n) is 11.4. The van der Waals surface area contributed by atoms with Crippen molar-refractivity contribution in [2.75, 3.05) is 29.7 Å². The molecule has 37 heavy (non-hydrogen) atoms. The summed E-state index contributed by atoms with van der Waals surface area (Å²) < 4.78 is 69.8. The third kappa shape index (κ3) is 9.85. The molecule has 0 heterocycles. The number of carbonyl (C=O) groups excluding carboxylic acids is 3. The van der Waals surface area contributed by atoms with E-state index >= 15 is 0 Å². The van der Waals surface area contributed by atoms with E-state index in [1.165, 1.54) is 20.8 Å². The zero-order chi connectivity index (χ0) is 28.7. The van der Waals surface area contributed by atoms with E-state index in [0.717, 1.165) is 4.90 Å². The number of carbonyl (C=O) groups is 3. The van der Waals surface area contributed by atoms with Crippen molar-refractivity contribution in [2.45, 2.75) is 71.6 Å². The van der Waals surface area contributed by atoms with Crippen LogP contribution < -0.4 is 10.2 Å². The fourth-order valence-corrected chi connectivity index (χ4v) is 3.55. The SMILES string of the molecule is CC(C)(C)OC(=O)CC[C@H](NC(=O)c1c(F)c(F)c(N(CCCl)CCCl)c(F)c1F)C(=O)OC(C)(C)C. The van der Waals surface area contributed by atoms with Gasteiger partial charge in [-0.2, -0.15) is 0 Å². The van der Waals surface area contributed by atoms with Crippen LogP contribution in [0.5, 0.6) is 0 Å². The molecule has 0 saturated carbocycles. The quantitative estimate of drug-likeness (QED) is 0.171. The number of benzene rings is 1. The van der Waals surface area contributed by atoms with Gasteiger partial charge in [-0.3, -0.25) is 9.59 Å². The Bertz CT molecular complexity index is 962. The first kappa shape index (κ1) is 32.8. The lowest BCUT2D eigenvalue weighted by molar-refractivity contribution is -0.158. The van der Waals surface area contributed by atoms with E-state index in [9.17, 15) is 31.9 Å². The molecule has 1 aromatic carbocycles. The van der Waals surface area contributed by atoms with E-state index < -0.39 is 69.6 Å². The van der Waals surface area contributed by atoms with Gasteiger partial charge in [0.2, 0.25) is 0 Å². The molecule has 0 radical (unpaired) electrons. The number of hydrogen-bond acceptors (Lipinski definition) is 6. The lowest BCUT2D eigenvalue weighted by Crippen LogP contribution is -2.45.